The van der Waals surface area contributed by atoms with Gasteiger partial charge in [0, 0.05) is 5.56 Å². The van der Waals surface area contributed by atoms with Crippen LogP contribution in [0, 0.1) is 0 Å². The molecule has 1 saturated heterocycles. The van der Waals surface area contributed by atoms with Crippen molar-refractivity contribution in [2.24, 2.45) is 0 Å². The summed E-state index contributed by atoms with van der Waals surface area (Å²) >= 11 is 0. The number of nitrogens with zero attached hydrogens (tertiary/aromatic N) is 2. The summed E-state index contributed by atoms with van der Waals surface area (Å²) in [5.74, 6) is -0.364. The van der Waals surface area contributed by atoms with Crippen LogP contribution >= 0.6 is 0 Å². The molecule has 1 unspecified atom stereocenters. The first-order valence-electron chi connectivity index (χ1n) is 8.68. The molecule has 24 heavy (non-hydrogen) atoms. The molecule has 2 fully saturated rings. The molecule has 4 rings (SSSR count). The minimum atomic E-state index is -0.364. The second-order valence-electron chi connectivity index (χ2n) is 6.55. The van der Waals surface area contributed by atoms with Crippen molar-refractivity contribution in [1.82, 2.24) is 9.55 Å². The molecule has 0 radical (unpaired) electrons. The minimum absolute atomic E-state index is 0.0611. The number of rotatable bonds is 4. The second kappa shape index (κ2) is 6.06. The highest BCUT2D eigenvalue weighted by Gasteiger charge is 2.53. The van der Waals surface area contributed by atoms with E-state index in [0.29, 0.717) is 12.3 Å². The molecular formula is C19H22N2O3. The first kappa shape index (κ1) is 15.4. The molecule has 5 heteroatoms. The molecule has 1 spiro atoms. The van der Waals surface area contributed by atoms with E-state index in [9.17, 15) is 4.79 Å². The van der Waals surface area contributed by atoms with Crippen LogP contribution in [-0.4, -0.2) is 34.3 Å². The van der Waals surface area contributed by atoms with Crippen LogP contribution in [0.25, 0.3) is 11.3 Å². The average molecular weight is 326 g/mol. The fourth-order valence-corrected chi connectivity index (χ4v) is 3.84. The lowest BCUT2D eigenvalue weighted by Crippen LogP contribution is -2.31. The van der Waals surface area contributed by atoms with Crippen molar-refractivity contribution in [3.05, 3.63) is 42.4 Å². The third-order valence-electron chi connectivity index (χ3n) is 5.10. The van der Waals surface area contributed by atoms with E-state index < -0.39 is 0 Å². The van der Waals surface area contributed by atoms with Crippen molar-refractivity contribution < 1.29 is 14.3 Å². The largest absolute Gasteiger partial charge is 0.461 e. The molecule has 0 amide bonds. The van der Waals surface area contributed by atoms with Gasteiger partial charge in [0.25, 0.3) is 0 Å². The molecule has 0 bridgehead atoms. The van der Waals surface area contributed by atoms with Crippen molar-refractivity contribution >= 4 is 5.97 Å². The zero-order valence-corrected chi connectivity index (χ0v) is 13.9. The molecule has 5 nitrogen and oxygen atoms in total. The molecule has 126 valence electrons. The van der Waals surface area contributed by atoms with Crippen LogP contribution in [-0.2, 0) is 9.47 Å². The zero-order valence-electron chi connectivity index (χ0n) is 13.9. The lowest BCUT2D eigenvalue weighted by molar-refractivity contribution is 0.0520. The molecule has 2 atom stereocenters. The van der Waals surface area contributed by atoms with Crippen LogP contribution < -0.4 is 0 Å². The smallest absolute Gasteiger partial charge is 0.359 e. The third-order valence-corrected chi connectivity index (χ3v) is 5.10. The van der Waals surface area contributed by atoms with Crippen LogP contribution in [0.3, 0.4) is 0 Å². The Kier molecular flexibility index (Phi) is 3.88. The Morgan fingerprint density at radius 3 is 2.88 bits per heavy atom. The van der Waals surface area contributed by atoms with Gasteiger partial charge in [-0.05, 0) is 19.8 Å². The number of ether oxygens (including phenoxy) is 2. The normalized spacial score (nSPS) is 25.6. The van der Waals surface area contributed by atoms with E-state index in [0.717, 1.165) is 30.7 Å². The number of imidazole rings is 1. The van der Waals surface area contributed by atoms with E-state index in [-0.39, 0.29) is 17.6 Å². The maximum atomic E-state index is 12.4. The monoisotopic (exact) mass is 326 g/mol. The minimum Gasteiger partial charge on any atom is -0.461 e. The van der Waals surface area contributed by atoms with Gasteiger partial charge in [-0.3, -0.25) is 0 Å². The number of benzene rings is 1. The summed E-state index contributed by atoms with van der Waals surface area (Å²) in [6.45, 7) is 2.96. The predicted molar refractivity (Wildman–Crippen MR) is 89.8 cm³/mol. The topological polar surface area (TPSA) is 56.6 Å². The maximum absolute atomic E-state index is 12.4. The van der Waals surface area contributed by atoms with Gasteiger partial charge >= 0.3 is 5.97 Å². The Morgan fingerprint density at radius 2 is 2.17 bits per heavy atom. The van der Waals surface area contributed by atoms with Crippen molar-refractivity contribution in [1.29, 1.82) is 0 Å². The van der Waals surface area contributed by atoms with Gasteiger partial charge < -0.3 is 14.0 Å². The van der Waals surface area contributed by atoms with Crippen LogP contribution in [0.1, 0.15) is 49.1 Å². The Labute approximate surface area is 141 Å². The van der Waals surface area contributed by atoms with Gasteiger partial charge in [0.05, 0.1) is 31.3 Å². The van der Waals surface area contributed by atoms with Crippen LogP contribution in [0.4, 0.5) is 0 Å². The molecule has 1 saturated carbocycles. The number of epoxide rings is 1. The molecule has 1 aromatic heterocycles. The highest BCUT2D eigenvalue weighted by molar-refractivity contribution is 5.94. The Morgan fingerprint density at radius 1 is 1.38 bits per heavy atom. The standard InChI is InChI=1S/C19H22N2O3/c1-2-23-18(22)16-17(14-8-4-3-5-9-14)21(13-20-16)15-10-6-7-11-19(15)12-24-19/h3-5,8-9,13,15H,2,6-7,10-12H2,1H3/t15?,19-/m0/s1. The van der Waals surface area contributed by atoms with Crippen molar-refractivity contribution in [3.63, 3.8) is 0 Å². The number of hydrogen-bond acceptors (Lipinski definition) is 4. The number of hydrogen-bond donors (Lipinski definition) is 0. The predicted octanol–water partition coefficient (Wildman–Crippen LogP) is 3.61. The molecule has 2 heterocycles. The number of aromatic nitrogens is 2. The average Bonchev–Trinajstić information content (AvgIpc) is 3.23. The summed E-state index contributed by atoms with van der Waals surface area (Å²) in [7, 11) is 0. The molecular weight excluding hydrogens is 304 g/mol. The zero-order chi connectivity index (χ0) is 16.6. The summed E-state index contributed by atoms with van der Waals surface area (Å²) in [4.78, 5) is 16.8. The highest BCUT2D eigenvalue weighted by atomic mass is 16.6. The summed E-state index contributed by atoms with van der Waals surface area (Å²) in [5, 5.41) is 0. The van der Waals surface area contributed by atoms with Gasteiger partial charge in [-0.15, -0.1) is 0 Å². The van der Waals surface area contributed by atoms with E-state index in [4.69, 9.17) is 9.47 Å². The Bertz CT molecular complexity index is 734. The summed E-state index contributed by atoms with van der Waals surface area (Å²) < 4.78 is 13.2. The lowest BCUT2D eigenvalue weighted by Gasteiger charge is -2.31. The van der Waals surface area contributed by atoms with Gasteiger partial charge in [-0.1, -0.05) is 43.2 Å². The van der Waals surface area contributed by atoms with Gasteiger partial charge in [-0.25, -0.2) is 9.78 Å². The molecule has 1 aromatic carbocycles. The van der Waals surface area contributed by atoms with Gasteiger partial charge in [0.2, 0.25) is 0 Å². The quantitative estimate of drug-likeness (QED) is 0.636. The van der Waals surface area contributed by atoms with Gasteiger partial charge in [0.1, 0.15) is 5.60 Å². The van der Waals surface area contributed by atoms with E-state index >= 15 is 0 Å². The lowest BCUT2D eigenvalue weighted by atomic mass is 9.84. The molecule has 2 aromatic rings. The summed E-state index contributed by atoms with van der Waals surface area (Å²) in [5.41, 5.74) is 2.16. The Balaban J connectivity index is 1.81. The molecule has 2 aliphatic rings. The SMILES string of the molecule is CCOC(=O)c1ncn(C2CCCC[C@]23CO3)c1-c1ccccc1. The maximum Gasteiger partial charge on any atom is 0.359 e. The number of carbonyl (C=O) groups excluding carboxylic acids is 1. The van der Waals surface area contributed by atoms with E-state index in [1.807, 2.05) is 37.3 Å². The van der Waals surface area contributed by atoms with Crippen molar-refractivity contribution in [3.8, 4) is 11.3 Å². The van der Waals surface area contributed by atoms with E-state index in [1.54, 1.807) is 6.33 Å². The Hall–Kier alpha value is -2.14. The molecule has 0 N–H and O–H groups in total. The second-order valence-corrected chi connectivity index (χ2v) is 6.55. The van der Waals surface area contributed by atoms with Gasteiger partial charge in [0.15, 0.2) is 5.69 Å². The van der Waals surface area contributed by atoms with Crippen molar-refractivity contribution in [2.75, 3.05) is 13.2 Å². The summed E-state index contributed by atoms with van der Waals surface area (Å²) in [6, 6.07) is 10.2. The molecule has 1 aliphatic carbocycles. The fourth-order valence-electron chi connectivity index (χ4n) is 3.84. The van der Waals surface area contributed by atoms with Crippen LogP contribution in [0.5, 0.6) is 0 Å². The van der Waals surface area contributed by atoms with Gasteiger partial charge in [-0.2, -0.15) is 0 Å². The van der Waals surface area contributed by atoms with Crippen LogP contribution in [0.15, 0.2) is 36.7 Å². The third kappa shape index (κ3) is 2.53. The highest BCUT2D eigenvalue weighted by Crippen LogP contribution is 2.50. The van der Waals surface area contributed by atoms with Crippen molar-refractivity contribution in [2.45, 2.75) is 44.2 Å². The fraction of sp³-hybridized carbons (Fsp3) is 0.474. The number of carbonyl (C=O) groups is 1. The summed E-state index contributed by atoms with van der Waals surface area (Å²) in [6.07, 6.45) is 6.30. The van der Waals surface area contributed by atoms with E-state index in [1.165, 1.54) is 12.8 Å². The number of esters is 1. The van der Waals surface area contributed by atoms with E-state index in [2.05, 4.69) is 9.55 Å². The first-order chi connectivity index (χ1) is 11.7. The first-order valence-corrected chi connectivity index (χ1v) is 8.68. The van der Waals surface area contributed by atoms with Crippen LogP contribution in [0.2, 0.25) is 0 Å². The molecule has 1 aliphatic heterocycles.